The lowest BCUT2D eigenvalue weighted by Gasteiger charge is -2.41. The van der Waals surface area contributed by atoms with Crippen LogP contribution >= 0.6 is 0 Å². The molecule has 2 aliphatic rings. The van der Waals surface area contributed by atoms with Crippen LogP contribution in [0.4, 0.5) is 17.6 Å². The quantitative estimate of drug-likeness (QED) is 0.229. The first-order valence-electron chi connectivity index (χ1n) is 12.8. The molecular formula is C31H32F4O. The summed E-state index contributed by atoms with van der Waals surface area (Å²) in [4.78, 5) is 0. The Labute approximate surface area is 211 Å². The van der Waals surface area contributed by atoms with Crippen molar-refractivity contribution in [2.45, 2.75) is 58.3 Å². The normalized spacial score (nSPS) is 23.9. The first-order valence-corrected chi connectivity index (χ1v) is 12.8. The van der Waals surface area contributed by atoms with Crippen LogP contribution in [0.3, 0.4) is 0 Å². The zero-order chi connectivity index (χ0) is 25.7. The largest absolute Gasteiger partial charge is 0.483 e. The summed E-state index contributed by atoms with van der Waals surface area (Å²) in [5.41, 5.74) is 0.246. The summed E-state index contributed by atoms with van der Waals surface area (Å²) < 4.78 is 63.4. The molecule has 0 amide bonds. The van der Waals surface area contributed by atoms with Crippen molar-refractivity contribution in [1.82, 2.24) is 0 Å². The summed E-state index contributed by atoms with van der Waals surface area (Å²) >= 11 is 0. The van der Waals surface area contributed by atoms with Crippen LogP contribution < -0.4 is 4.74 Å². The monoisotopic (exact) mass is 496 g/mol. The minimum absolute atomic E-state index is 0.0251. The van der Waals surface area contributed by atoms with E-state index in [2.05, 4.69) is 30.9 Å². The lowest BCUT2D eigenvalue weighted by molar-refractivity contribution is 0.133. The van der Waals surface area contributed by atoms with Crippen molar-refractivity contribution in [3.8, 4) is 17.6 Å². The summed E-state index contributed by atoms with van der Waals surface area (Å²) in [6.07, 6.45) is 14.3. The lowest BCUT2D eigenvalue weighted by atomic mass is 9.64. The molecule has 0 spiro atoms. The van der Waals surface area contributed by atoms with E-state index in [0.29, 0.717) is 23.3 Å². The van der Waals surface area contributed by atoms with Crippen molar-refractivity contribution >= 4 is 0 Å². The van der Waals surface area contributed by atoms with E-state index in [9.17, 15) is 17.6 Å². The van der Waals surface area contributed by atoms with Crippen molar-refractivity contribution in [2.24, 2.45) is 17.8 Å². The van der Waals surface area contributed by atoms with Gasteiger partial charge in [0.25, 0.3) is 0 Å². The molecule has 4 rings (SSSR count). The average molecular weight is 497 g/mol. The highest BCUT2D eigenvalue weighted by atomic mass is 19.1. The predicted molar refractivity (Wildman–Crippen MR) is 135 cm³/mol. The van der Waals surface area contributed by atoms with Gasteiger partial charge in [-0.1, -0.05) is 36.1 Å². The molecule has 0 saturated heterocycles. The Kier molecular flexibility index (Phi) is 8.56. The number of benzene rings is 2. The third-order valence-electron chi connectivity index (χ3n) is 7.54. The van der Waals surface area contributed by atoms with Gasteiger partial charge in [-0.15, -0.1) is 0 Å². The molecule has 5 heteroatoms. The van der Waals surface area contributed by atoms with Gasteiger partial charge in [-0.25, -0.2) is 17.6 Å². The molecule has 0 aromatic heterocycles. The Morgan fingerprint density at radius 1 is 0.806 bits per heavy atom. The molecule has 0 aliphatic heterocycles. The van der Waals surface area contributed by atoms with Crippen molar-refractivity contribution in [3.05, 3.63) is 88.5 Å². The molecular weight excluding hydrogens is 464 g/mol. The summed E-state index contributed by atoms with van der Waals surface area (Å²) in [6, 6.07) is 4.75. The van der Waals surface area contributed by atoms with Gasteiger partial charge in [0.1, 0.15) is 18.2 Å². The second-order valence-corrected chi connectivity index (χ2v) is 9.89. The van der Waals surface area contributed by atoms with E-state index in [1.54, 1.807) is 19.1 Å². The summed E-state index contributed by atoms with van der Waals surface area (Å²) in [5, 5.41) is 0. The maximum Gasteiger partial charge on any atom is 0.191 e. The minimum Gasteiger partial charge on any atom is -0.483 e. The molecule has 2 fully saturated rings. The standard InChI is InChI=1S/C31H32F4O/c1-3-5-13-36-31-29(34)15-21(16-30(31)35)8-12-26-27(32)18-25(19-28(26)33)24-11-10-22-14-20(6-4-2)7-9-23(22)17-24/h3-6,15-16,18-20,22-24H,7,9-11,13-14,17H2,1-2H3/b5-3+,6-4+. The van der Waals surface area contributed by atoms with Gasteiger partial charge in [-0.3, -0.25) is 0 Å². The van der Waals surface area contributed by atoms with E-state index < -0.39 is 34.6 Å². The molecule has 0 N–H and O–H groups in total. The van der Waals surface area contributed by atoms with Crippen LogP contribution in [0.25, 0.3) is 0 Å². The van der Waals surface area contributed by atoms with Gasteiger partial charge in [0.05, 0.1) is 5.56 Å². The summed E-state index contributed by atoms with van der Waals surface area (Å²) in [6.45, 7) is 3.85. The summed E-state index contributed by atoms with van der Waals surface area (Å²) in [5.74, 6) is 3.15. The van der Waals surface area contributed by atoms with E-state index in [-0.39, 0.29) is 18.1 Å². The second kappa shape index (κ2) is 11.8. The molecule has 0 radical (unpaired) electrons. The molecule has 2 aromatic carbocycles. The average Bonchev–Trinajstić information content (AvgIpc) is 2.85. The van der Waals surface area contributed by atoms with Gasteiger partial charge in [-0.2, -0.15) is 0 Å². The van der Waals surface area contributed by atoms with Crippen molar-refractivity contribution in [1.29, 1.82) is 0 Å². The third-order valence-corrected chi connectivity index (χ3v) is 7.54. The zero-order valence-electron chi connectivity index (χ0n) is 20.8. The number of halogens is 4. The fourth-order valence-electron chi connectivity index (χ4n) is 5.76. The number of ether oxygens (including phenoxy) is 1. The maximum absolute atomic E-state index is 14.9. The van der Waals surface area contributed by atoms with Crippen LogP contribution in [0.2, 0.25) is 0 Å². The van der Waals surface area contributed by atoms with Gasteiger partial charge in [0.2, 0.25) is 0 Å². The lowest BCUT2D eigenvalue weighted by Crippen LogP contribution is -2.30. The Morgan fingerprint density at radius 3 is 2.14 bits per heavy atom. The van der Waals surface area contributed by atoms with E-state index in [0.717, 1.165) is 37.8 Å². The van der Waals surface area contributed by atoms with Crippen LogP contribution in [0, 0.1) is 52.9 Å². The van der Waals surface area contributed by atoms with E-state index in [1.165, 1.54) is 25.0 Å². The summed E-state index contributed by atoms with van der Waals surface area (Å²) in [7, 11) is 0. The van der Waals surface area contributed by atoms with Crippen LogP contribution in [0.5, 0.6) is 5.75 Å². The topological polar surface area (TPSA) is 9.23 Å². The van der Waals surface area contributed by atoms with E-state index >= 15 is 0 Å². The highest BCUT2D eigenvalue weighted by Crippen LogP contribution is 2.48. The van der Waals surface area contributed by atoms with Crippen molar-refractivity contribution in [2.75, 3.05) is 6.61 Å². The van der Waals surface area contributed by atoms with Crippen molar-refractivity contribution in [3.63, 3.8) is 0 Å². The fraction of sp³-hybridized carbons (Fsp3) is 0.419. The predicted octanol–water partition coefficient (Wildman–Crippen LogP) is 8.47. The van der Waals surface area contributed by atoms with Gasteiger partial charge >= 0.3 is 0 Å². The highest BCUT2D eigenvalue weighted by molar-refractivity contribution is 5.47. The zero-order valence-corrected chi connectivity index (χ0v) is 20.8. The number of allylic oxidation sites excluding steroid dienone is 3. The van der Waals surface area contributed by atoms with Gasteiger partial charge < -0.3 is 4.74 Å². The molecule has 2 aliphatic carbocycles. The molecule has 2 saturated carbocycles. The highest BCUT2D eigenvalue weighted by Gasteiger charge is 2.35. The van der Waals surface area contributed by atoms with E-state index in [4.69, 9.17) is 4.74 Å². The Hall–Kier alpha value is -3.00. The fourth-order valence-corrected chi connectivity index (χ4v) is 5.76. The van der Waals surface area contributed by atoms with Gasteiger partial charge in [0.15, 0.2) is 17.4 Å². The second-order valence-electron chi connectivity index (χ2n) is 9.89. The van der Waals surface area contributed by atoms with Gasteiger partial charge in [0, 0.05) is 5.56 Å². The first-order chi connectivity index (χ1) is 17.4. The number of hydrogen-bond acceptors (Lipinski definition) is 1. The molecule has 0 bridgehead atoms. The minimum atomic E-state index is -0.921. The Balaban J connectivity index is 1.48. The number of fused-ring (bicyclic) bond motifs is 1. The molecule has 190 valence electrons. The molecule has 4 unspecified atom stereocenters. The van der Waals surface area contributed by atoms with Crippen molar-refractivity contribution < 1.29 is 22.3 Å². The first kappa shape index (κ1) is 26.1. The van der Waals surface area contributed by atoms with Gasteiger partial charge in [-0.05, 0) is 106 Å². The Morgan fingerprint density at radius 2 is 1.47 bits per heavy atom. The molecule has 0 heterocycles. The molecule has 4 atom stereocenters. The van der Waals surface area contributed by atoms with Crippen LogP contribution in [0.1, 0.15) is 75.0 Å². The SMILES string of the molecule is C/C=C/COc1c(F)cc(C#Cc2c(F)cc(C3CCC4CC(/C=C/C)CCC4C3)cc2F)cc1F. The maximum atomic E-state index is 14.9. The van der Waals surface area contributed by atoms with Crippen LogP contribution in [-0.4, -0.2) is 6.61 Å². The third kappa shape index (κ3) is 6.03. The number of hydrogen-bond donors (Lipinski definition) is 0. The Bertz CT molecular complexity index is 1160. The van der Waals surface area contributed by atoms with E-state index in [1.807, 2.05) is 0 Å². The van der Waals surface area contributed by atoms with Crippen LogP contribution in [-0.2, 0) is 0 Å². The smallest absolute Gasteiger partial charge is 0.191 e. The molecule has 2 aromatic rings. The molecule has 36 heavy (non-hydrogen) atoms. The number of rotatable bonds is 5. The molecule has 1 nitrogen and oxygen atoms in total. The van der Waals surface area contributed by atoms with Crippen LogP contribution in [0.15, 0.2) is 48.6 Å².